The minimum absolute atomic E-state index is 0.243. The second kappa shape index (κ2) is 3.99. The van der Waals surface area contributed by atoms with Crippen molar-refractivity contribution in [2.75, 3.05) is 5.75 Å². The van der Waals surface area contributed by atoms with Crippen LogP contribution in [0.15, 0.2) is 23.0 Å². The fraction of sp³-hybridized carbons (Fsp3) is 0.636. The molecule has 0 aromatic carbocycles. The minimum atomic E-state index is 0.243. The molecule has 1 aliphatic rings. The van der Waals surface area contributed by atoms with Crippen molar-refractivity contribution in [3.63, 3.8) is 0 Å². The van der Waals surface area contributed by atoms with Crippen LogP contribution in [-0.4, -0.2) is 16.5 Å². The third kappa shape index (κ3) is 1.98. The van der Waals surface area contributed by atoms with E-state index in [2.05, 4.69) is 6.92 Å². The lowest BCUT2D eigenvalue weighted by Gasteiger charge is -2.29. The molecule has 2 nitrogen and oxygen atoms in total. The zero-order valence-corrected chi connectivity index (χ0v) is 9.35. The van der Waals surface area contributed by atoms with Gasteiger partial charge in [0.2, 0.25) is 0 Å². The van der Waals surface area contributed by atoms with Gasteiger partial charge in [0.15, 0.2) is 0 Å². The Balaban J connectivity index is 1.98. The van der Waals surface area contributed by atoms with E-state index < -0.39 is 0 Å². The molecular weight excluding hydrogens is 194 g/mol. The molecule has 2 N–H and O–H groups in total. The number of hydrogen-bond acceptors (Lipinski definition) is 3. The molecule has 2 atom stereocenters. The summed E-state index contributed by atoms with van der Waals surface area (Å²) in [6.45, 7) is 2.29. The summed E-state index contributed by atoms with van der Waals surface area (Å²) in [5, 5.41) is 0. The van der Waals surface area contributed by atoms with Gasteiger partial charge >= 0.3 is 0 Å². The lowest BCUT2D eigenvalue weighted by Crippen LogP contribution is -2.42. The summed E-state index contributed by atoms with van der Waals surface area (Å²) < 4.78 is 5.32. The Kier molecular flexibility index (Phi) is 2.88. The summed E-state index contributed by atoms with van der Waals surface area (Å²) in [4.78, 5) is 0. The van der Waals surface area contributed by atoms with E-state index in [0.717, 1.165) is 6.42 Å². The van der Waals surface area contributed by atoms with Gasteiger partial charge in [0.1, 0.15) is 0 Å². The van der Waals surface area contributed by atoms with Gasteiger partial charge in [-0.05, 0) is 43.6 Å². The smallest absolute Gasteiger partial charge is 0.0935 e. The van der Waals surface area contributed by atoms with Crippen LogP contribution < -0.4 is 5.73 Å². The maximum Gasteiger partial charge on any atom is 0.0935 e. The fourth-order valence-corrected chi connectivity index (χ4v) is 3.31. The second-order valence-electron chi connectivity index (χ2n) is 4.21. The van der Waals surface area contributed by atoms with Crippen molar-refractivity contribution in [3.05, 3.63) is 24.2 Å². The van der Waals surface area contributed by atoms with Crippen molar-refractivity contribution in [2.45, 2.75) is 37.0 Å². The van der Waals surface area contributed by atoms with Crippen LogP contribution in [0.2, 0.25) is 0 Å². The Labute approximate surface area is 89.2 Å². The topological polar surface area (TPSA) is 39.2 Å². The molecule has 0 aliphatic carbocycles. The molecule has 1 aromatic heterocycles. The van der Waals surface area contributed by atoms with Gasteiger partial charge in [-0.3, -0.25) is 0 Å². The molecule has 2 heterocycles. The number of thioether (sulfide) groups is 1. The van der Waals surface area contributed by atoms with Gasteiger partial charge in [0.05, 0.1) is 12.5 Å². The largest absolute Gasteiger partial charge is 0.472 e. The average molecular weight is 211 g/mol. The highest BCUT2D eigenvalue weighted by Gasteiger charge is 2.35. The van der Waals surface area contributed by atoms with Crippen molar-refractivity contribution < 1.29 is 4.42 Å². The van der Waals surface area contributed by atoms with Crippen LogP contribution in [0.3, 0.4) is 0 Å². The predicted octanol–water partition coefficient (Wildman–Crippen LogP) is 2.44. The van der Waals surface area contributed by atoms with Crippen molar-refractivity contribution in [3.8, 4) is 0 Å². The maximum absolute atomic E-state index is 6.24. The monoisotopic (exact) mass is 211 g/mol. The summed E-state index contributed by atoms with van der Waals surface area (Å²) in [5.41, 5.74) is 7.46. The number of rotatable bonds is 3. The maximum atomic E-state index is 6.24. The van der Waals surface area contributed by atoms with Crippen LogP contribution in [0.4, 0.5) is 0 Å². The Hall–Kier alpha value is -0.410. The first-order chi connectivity index (χ1) is 6.71. The molecule has 1 aromatic rings. The quantitative estimate of drug-likeness (QED) is 0.834. The van der Waals surface area contributed by atoms with Crippen molar-refractivity contribution >= 4 is 11.8 Å². The van der Waals surface area contributed by atoms with E-state index >= 15 is 0 Å². The average Bonchev–Trinajstić information content (AvgIpc) is 2.76. The lowest BCUT2D eigenvalue weighted by molar-refractivity contribution is 0.479. The fourth-order valence-electron chi connectivity index (χ4n) is 1.97. The van der Waals surface area contributed by atoms with Crippen molar-refractivity contribution in [2.24, 2.45) is 5.73 Å². The van der Waals surface area contributed by atoms with Gasteiger partial charge in [-0.2, -0.15) is 11.8 Å². The SMILES string of the molecule is CC1(C(N)Cc2ccoc2)CCCS1. The highest BCUT2D eigenvalue weighted by Crippen LogP contribution is 2.40. The minimum Gasteiger partial charge on any atom is -0.472 e. The molecule has 0 spiro atoms. The molecule has 14 heavy (non-hydrogen) atoms. The van der Waals surface area contributed by atoms with E-state index in [1.54, 1.807) is 12.5 Å². The molecule has 2 rings (SSSR count). The predicted molar refractivity (Wildman–Crippen MR) is 60.5 cm³/mol. The van der Waals surface area contributed by atoms with Gasteiger partial charge in [-0.15, -0.1) is 0 Å². The summed E-state index contributed by atoms with van der Waals surface area (Å²) in [6.07, 6.45) is 6.99. The molecular formula is C11H17NOS. The molecule has 0 saturated carbocycles. The molecule has 3 heteroatoms. The lowest BCUT2D eigenvalue weighted by atomic mass is 9.92. The molecule has 1 aliphatic heterocycles. The molecule has 2 unspecified atom stereocenters. The summed E-state index contributed by atoms with van der Waals surface area (Å²) in [7, 11) is 0. The van der Waals surface area contributed by atoms with Crippen molar-refractivity contribution in [1.29, 1.82) is 0 Å². The van der Waals surface area contributed by atoms with E-state index in [-0.39, 0.29) is 10.8 Å². The van der Waals surface area contributed by atoms with Gasteiger partial charge in [-0.25, -0.2) is 0 Å². The molecule has 0 amide bonds. The highest BCUT2D eigenvalue weighted by atomic mass is 32.2. The Morgan fingerprint density at radius 1 is 1.71 bits per heavy atom. The number of furan rings is 1. The van der Waals surface area contributed by atoms with E-state index in [4.69, 9.17) is 10.2 Å². The van der Waals surface area contributed by atoms with Crippen LogP contribution in [0.1, 0.15) is 25.3 Å². The number of nitrogens with two attached hydrogens (primary N) is 1. The first-order valence-electron chi connectivity index (χ1n) is 5.11. The van der Waals surface area contributed by atoms with Crippen LogP contribution >= 0.6 is 11.8 Å². The third-order valence-corrected chi connectivity index (χ3v) is 4.73. The van der Waals surface area contributed by atoms with Crippen LogP contribution in [0, 0.1) is 0 Å². The van der Waals surface area contributed by atoms with Crippen LogP contribution in [0.5, 0.6) is 0 Å². The standard InChI is InChI=1S/C11H17NOS/c1-11(4-2-6-14-11)10(12)7-9-3-5-13-8-9/h3,5,8,10H,2,4,6-7,12H2,1H3. The molecule has 1 fully saturated rings. The van der Waals surface area contributed by atoms with Crippen LogP contribution in [-0.2, 0) is 6.42 Å². The van der Waals surface area contributed by atoms with E-state index in [0.29, 0.717) is 0 Å². The molecule has 78 valence electrons. The summed E-state index contributed by atoms with van der Waals surface area (Å²) in [5.74, 6) is 1.26. The van der Waals surface area contributed by atoms with Crippen LogP contribution in [0.25, 0.3) is 0 Å². The van der Waals surface area contributed by atoms with Gasteiger partial charge < -0.3 is 10.2 Å². The molecule has 0 bridgehead atoms. The van der Waals surface area contributed by atoms with E-state index in [9.17, 15) is 0 Å². The zero-order valence-electron chi connectivity index (χ0n) is 8.53. The third-order valence-electron chi connectivity index (χ3n) is 3.07. The van der Waals surface area contributed by atoms with Crippen molar-refractivity contribution in [1.82, 2.24) is 0 Å². The molecule has 1 saturated heterocycles. The van der Waals surface area contributed by atoms with Gasteiger partial charge in [0, 0.05) is 10.8 Å². The van der Waals surface area contributed by atoms with E-state index in [1.165, 1.54) is 24.2 Å². The Morgan fingerprint density at radius 3 is 3.14 bits per heavy atom. The highest BCUT2D eigenvalue weighted by molar-refractivity contribution is 8.00. The summed E-state index contributed by atoms with van der Waals surface area (Å²) >= 11 is 2.02. The number of hydrogen-bond donors (Lipinski definition) is 1. The Morgan fingerprint density at radius 2 is 2.57 bits per heavy atom. The first kappa shape index (κ1) is 10.1. The Bertz CT molecular complexity index is 277. The van der Waals surface area contributed by atoms with Gasteiger partial charge in [0.25, 0.3) is 0 Å². The zero-order chi connectivity index (χ0) is 10.0. The van der Waals surface area contributed by atoms with Gasteiger partial charge in [-0.1, -0.05) is 0 Å². The molecule has 0 radical (unpaired) electrons. The second-order valence-corrected chi connectivity index (χ2v) is 5.84. The van der Waals surface area contributed by atoms with E-state index in [1.807, 2.05) is 17.8 Å². The normalized spacial score (nSPS) is 29.3. The summed E-state index contributed by atoms with van der Waals surface area (Å²) in [6, 6.07) is 2.25. The first-order valence-corrected chi connectivity index (χ1v) is 6.10.